The van der Waals surface area contributed by atoms with Gasteiger partial charge in [0.15, 0.2) is 6.61 Å². The zero-order valence-corrected chi connectivity index (χ0v) is 17.5. The molecule has 0 radical (unpaired) electrons. The second-order valence-electron chi connectivity index (χ2n) is 6.88. The van der Waals surface area contributed by atoms with E-state index in [9.17, 15) is 14.4 Å². The Kier molecular flexibility index (Phi) is 7.61. The van der Waals surface area contributed by atoms with Gasteiger partial charge in [-0.15, -0.1) is 0 Å². The summed E-state index contributed by atoms with van der Waals surface area (Å²) in [4.78, 5) is 35.7. The van der Waals surface area contributed by atoms with Gasteiger partial charge >= 0.3 is 0 Å². The zero-order chi connectivity index (χ0) is 21.6. The molecule has 0 unspecified atom stereocenters. The minimum absolute atomic E-state index is 0.111. The van der Waals surface area contributed by atoms with Gasteiger partial charge in [-0.25, -0.2) is 0 Å². The van der Waals surface area contributed by atoms with Gasteiger partial charge in [-0.2, -0.15) is 0 Å². The maximum Gasteiger partial charge on any atom is 0.276 e. The number of nitrogens with one attached hydrogen (secondary N) is 3. The van der Waals surface area contributed by atoms with Crippen molar-refractivity contribution in [3.8, 4) is 5.75 Å². The lowest BCUT2D eigenvalue weighted by molar-refractivity contribution is -0.123. The molecule has 8 heteroatoms. The van der Waals surface area contributed by atoms with Crippen molar-refractivity contribution < 1.29 is 19.1 Å². The van der Waals surface area contributed by atoms with Crippen molar-refractivity contribution >= 4 is 35.0 Å². The van der Waals surface area contributed by atoms with E-state index in [0.717, 1.165) is 11.1 Å². The lowest BCUT2D eigenvalue weighted by Gasteiger charge is -2.11. The Balaban J connectivity index is 1.82. The fourth-order valence-electron chi connectivity index (χ4n) is 2.36. The molecule has 7 nitrogen and oxygen atoms in total. The van der Waals surface area contributed by atoms with Crippen LogP contribution in [0.25, 0.3) is 0 Å². The average molecular weight is 418 g/mol. The van der Waals surface area contributed by atoms with Gasteiger partial charge in [-0.3, -0.25) is 25.2 Å². The van der Waals surface area contributed by atoms with Gasteiger partial charge in [0.1, 0.15) is 5.75 Å². The van der Waals surface area contributed by atoms with Gasteiger partial charge in [0.05, 0.1) is 0 Å². The standard InChI is InChI=1S/C21H24ClN3O4/c1-12(2)20(27)23-16-7-5-15(6-8-16)21(28)25-24-18(26)11-29-17-9-13(3)19(22)14(4)10-17/h5-10,12H,11H2,1-4H3,(H,23,27)(H,24,26)(H,25,28). The Bertz CT molecular complexity index is 888. The number of ether oxygens (including phenoxy) is 1. The van der Waals surface area contributed by atoms with Crippen LogP contribution in [0.5, 0.6) is 5.75 Å². The van der Waals surface area contributed by atoms with Crippen LogP contribution in [0.4, 0.5) is 5.69 Å². The average Bonchev–Trinajstić information content (AvgIpc) is 2.68. The lowest BCUT2D eigenvalue weighted by Crippen LogP contribution is -2.43. The van der Waals surface area contributed by atoms with Crippen LogP contribution in [0.3, 0.4) is 0 Å². The number of halogens is 1. The molecule has 154 valence electrons. The number of hydrogen-bond acceptors (Lipinski definition) is 4. The molecule has 29 heavy (non-hydrogen) atoms. The lowest BCUT2D eigenvalue weighted by atomic mass is 10.1. The van der Waals surface area contributed by atoms with Gasteiger partial charge in [0.25, 0.3) is 11.8 Å². The van der Waals surface area contributed by atoms with E-state index in [0.29, 0.717) is 22.0 Å². The summed E-state index contributed by atoms with van der Waals surface area (Å²) in [6.45, 7) is 7.02. The Morgan fingerprint density at radius 2 is 1.59 bits per heavy atom. The molecule has 0 saturated heterocycles. The number of anilines is 1. The van der Waals surface area contributed by atoms with Crippen molar-refractivity contribution in [2.24, 2.45) is 5.92 Å². The number of hydrogen-bond donors (Lipinski definition) is 3. The first-order chi connectivity index (χ1) is 13.7. The first-order valence-corrected chi connectivity index (χ1v) is 9.45. The van der Waals surface area contributed by atoms with E-state index < -0.39 is 11.8 Å². The summed E-state index contributed by atoms with van der Waals surface area (Å²) in [6, 6.07) is 9.80. The van der Waals surface area contributed by atoms with Crippen molar-refractivity contribution in [3.05, 3.63) is 58.1 Å². The molecule has 0 saturated carbocycles. The smallest absolute Gasteiger partial charge is 0.276 e. The molecule has 0 bridgehead atoms. The van der Waals surface area contributed by atoms with Gasteiger partial charge < -0.3 is 10.1 Å². The van der Waals surface area contributed by atoms with Crippen LogP contribution in [-0.2, 0) is 9.59 Å². The van der Waals surface area contributed by atoms with Crippen molar-refractivity contribution in [3.63, 3.8) is 0 Å². The molecule has 3 N–H and O–H groups in total. The van der Waals surface area contributed by atoms with E-state index in [-0.39, 0.29) is 18.4 Å². The summed E-state index contributed by atoms with van der Waals surface area (Å²) in [5.74, 6) is -0.732. The summed E-state index contributed by atoms with van der Waals surface area (Å²) in [5, 5.41) is 3.39. The molecule has 0 aliphatic rings. The van der Waals surface area contributed by atoms with Crippen LogP contribution < -0.4 is 20.9 Å². The van der Waals surface area contributed by atoms with Crippen LogP contribution in [-0.4, -0.2) is 24.3 Å². The molecule has 0 heterocycles. The largest absolute Gasteiger partial charge is 0.484 e. The summed E-state index contributed by atoms with van der Waals surface area (Å²) < 4.78 is 5.43. The molecule has 2 aromatic carbocycles. The Morgan fingerprint density at radius 3 is 2.14 bits per heavy atom. The molecule has 2 aromatic rings. The van der Waals surface area contributed by atoms with E-state index in [1.54, 1.807) is 50.2 Å². The van der Waals surface area contributed by atoms with Gasteiger partial charge in [0, 0.05) is 22.2 Å². The number of amides is 3. The fourth-order valence-corrected chi connectivity index (χ4v) is 2.47. The minimum Gasteiger partial charge on any atom is -0.484 e. The van der Waals surface area contributed by atoms with Crippen molar-refractivity contribution in [1.82, 2.24) is 10.9 Å². The number of carbonyl (C=O) groups excluding carboxylic acids is 3. The number of rotatable bonds is 6. The Labute approximate surface area is 174 Å². The topological polar surface area (TPSA) is 96.5 Å². The molecular weight excluding hydrogens is 394 g/mol. The van der Waals surface area contributed by atoms with E-state index in [2.05, 4.69) is 16.2 Å². The molecular formula is C21H24ClN3O4. The van der Waals surface area contributed by atoms with Crippen LogP contribution in [0, 0.1) is 19.8 Å². The van der Waals surface area contributed by atoms with Crippen molar-refractivity contribution in [2.45, 2.75) is 27.7 Å². The zero-order valence-electron chi connectivity index (χ0n) is 16.8. The normalized spacial score (nSPS) is 10.4. The predicted molar refractivity (Wildman–Crippen MR) is 112 cm³/mol. The third kappa shape index (κ3) is 6.50. The monoisotopic (exact) mass is 417 g/mol. The van der Waals surface area contributed by atoms with E-state index >= 15 is 0 Å². The minimum atomic E-state index is -0.510. The quantitative estimate of drug-likeness (QED) is 0.627. The Hall–Kier alpha value is -3.06. The maximum absolute atomic E-state index is 12.1. The summed E-state index contributed by atoms with van der Waals surface area (Å²) >= 11 is 6.10. The molecule has 0 aromatic heterocycles. The SMILES string of the molecule is Cc1cc(OCC(=O)NNC(=O)c2ccc(NC(=O)C(C)C)cc2)cc(C)c1Cl. The van der Waals surface area contributed by atoms with E-state index in [4.69, 9.17) is 16.3 Å². The Morgan fingerprint density at radius 1 is 1.00 bits per heavy atom. The maximum atomic E-state index is 12.1. The van der Waals surface area contributed by atoms with E-state index in [1.807, 2.05) is 13.8 Å². The van der Waals surface area contributed by atoms with Gasteiger partial charge in [0.2, 0.25) is 5.91 Å². The predicted octanol–water partition coefficient (Wildman–Crippen LogP) is 3.39. The summed E-state index contributed by atoms with van der Waals surface area (Å²) in [5.41, 5.74) is 7.23. The van der Waals surface area contributed by atoms with Crippen LogP contribution in [0.15, 0.2) is 36.4 Å². The molecule has 0 aliphatic heterocycles. The molecule has 0 fully saturated rings. The van der Waals surface area contributed by atoms with Crippen molar-refractivity contribution in [2.75, 3.05) is 11.9 Å². The highest BCUT2D eigenvalue weighted by Crippen LogP contribution is 2.25. The second kappa shape index (κ2) is 9.93. The molecule has 2 rings (SSSR count). The summed E-state index contributed by atoms with van der Waals surface area (Å²) in [7, 11) is 0. The van der Waals surface area contributed by atoms with Gasteiger partial charge in [-0.1, -0.05) is 25.4 Å². The first-order valence-electron chi connectivity index (χ1n) is 9.07. The number of benzene rings is 2. The van der Waals surface area contributed by atoms with E-state index in [1.165, 1.54) is 0 Å². The number of hydrazine groups is 1. The molecule has 0 aliphatic carbocycles. The molecule has 0 spiro atoms. The fraction of sp³-hybridized carbons (Fsp3) is 0.286. The molecule has 3 amide bonds. The van der Waals surface area contributed by atoms with Crippen LogP contribution in [0.2, 0.25) is 5.02 Å². The van der Waals surface area contributed by atoms with Crippen LogP contribution in [0.1, 0.15) is 35.3 Å². The number of aryl methyl sites for hydroxylation is 2. The highest BCUT2D eigenvalue weighted by molar-refractivity contribution is 6.32. The second-order valence-corrected chi connectivity index (χ2v) is 7.26. The number of carbonyl (C=O) groups is 3. The molecule has 0 atom stereocenters. The van der Waals surface area contributed by atoms with Gasteiger partial charge in [-0.05, 0) is 61.4 Å². The first kappa shape index (κ1) is 22.2. The van der Waals surface area contributed by atoms with Crippen molar-refractivity contribution in [1.29, 1.82) is 0 Å². The third-order valence-corrected chi connectivity index (χ3v) is 4.63. The summed E-state index contributed by atoms with van der Waals surface area (Å²) in [6.07, 6.45) is 0. The highest BCUT2D eigenvalue weighted by Gasteiger charge is 2.11. The highest BCUT2D eigenvalue weighted by atomic mass is 35.5. The van der Waals surface area contributed by atoms with Crippen LogP contribution >= 0.6 is 11.6 Å². The third-order valence-electron chi connectivity index (χ3n) is 4.03.